The van der Waals surface area contributed by atoms with Crippen LogP contribution in [0, 0.1) is 5.92 Å². The van der Waals surface area contributed by atoms with Crippen LogP contribution in [0.3, 0.4) is 0 Å². The summed E-state index contributed by atoms with van der Waals surface area (Å²) >= 11 is 12.2. The maximum atomic E-state index is 13.1. The van der Waals surface area contributed by atoms with Crippen molar-refractivity contribution in [2.45, 2.75) is 42.4 Å². The molecule has 1 fully saturated rings. The van der Waals surface area contributed by atoms with Crippen molar-refractivity contribution in [2.75, 3.05) is 18.5 Å². The van der Waals surface area contributed by atoms with Crippen LogP contribution >= 0.6 is 23.2 Å². The lowest BCUT2D eigenvalue weighted by molar-refractivity contribution is 0.191. The van der Waals surface area contributed by atoms with Gasteiger partial charge in [-0.15, -0.1) is 0 Å². The number of nitrogens with one attached hydrogen (secondary N) is 2. The van der Waals surface area contributed by atoms with E-state index in [1.54, 1.807) is 6.92 Å². The zero-order valence-electron chi connectivity index (χ0n) is 15.5. The van der Waals surface area contributed by atoms with Crippen LogP contribution in [0.4, 0.5) is 10.5 Å². The molecule has 1 aromatic carbocycles. The van der Waals surface area contributed by atoms with Crippen LogP contribution in [0.1, 0.15) is 26.7 Å². The van der Waals surface area contributed by atoms with E-state index in [0.29, 0.717) is 18.1 Å². The molecule has 2 amide bonds. The molecule has 0 spiro atoms. The average Bonchev–Trinajstić information content (AvgIpc) is 3.17. The molecule has 1 aromatic rings. The van der Waals surface area contributed by atoms with Crippen LogP contribution < -0.4 is 10.6 Å². The number of sulfone groups is 1. The number of phenolic OH excluding ortho intramolecular Hbond substituents is 1. The fourth-order valence-corrected chi connectivity index (χ4v) is 5.98. The number of hydrogen-bond acceptors (Lipinski definition) is 5. The van der Waals surface area contributed by atoms with Gasteiger partial charge < -0.3 is 20.5 Å². The van der Waals surface area contributed by atoms with Crippen LogP contribution in [0.25, 0.3) is 0 Å². The van der Waals surface area contributed by atoms with Crippen LogP contribution in [-0.2, 0) is 14.6 Å². The molecular weight excluding hydrogens is 427 g/mol. The fourth-order valence-electron chi connectivity index (χ4n) is 3.39. The normalized spacial score (nSPS) is 27.5. The minimum Gasteiger partial charge on any atom is -0.504 e. The molecule has 0 bridgehead atoms. The summed E-state index contributed by atoms with van der Waals surface area (Å²) in [5.74, 6) is -0.356. The Kier molecular flexibility index (Phi) is 5.87. The first-order valence-electron chi connectivity index (χ1n) is 8.84. The predicted molar refractivity (Wildman–Crippen MR) is 108 cm³/mol. The van der Waals surface area contributed by atoms with E-state index in [1.807, 2.05) is 13.0 Å². The predicted octanol–water partition coefficient (Wildman–Crippen LogP) is 3.65. The molecule has 0 aromatic heterocycles. The minimum atomic E-state index is -4.01. The maximum Gasteiger partial charge on any atom is 0.319 e. The van der Waals surface area contributed by atoms with Gasteiger partial charge in [-0.25, -0.2) is 13.2 Å². The molecule has 7 nitrogen and oxygen atoms in total. The highest BCUT2D eigenvalue weighted by molar-refractivity contribution is 7.93. The summed E-state index contributed by atoms with van der Waals surface area (Å²) in [6.45, 7) is 3.85. The molecule has 0 radical (unpaired) electrons. The Labute approximate surface area is 174 Å². The second-order valence-electron chi connectivity index (χ2n) is 7.44. The molecule has 28 heavy (non-hydrogen) atoms. The minimum absolute atomic E-state index is 0.00788. The Morgan fingerprint density at radius 1 is 1.36 bits per heavy atom. The van der Waals surface area contributed by atoms with Crippen LogP contribution in [0.15, 0.2) is 28.1 Å². The SMILES string of the molecule is CC1C=C(Cl)[C@H](NC(=O)Nc2ccc(Cl)c(S(=O)(=O)[C@]3(C)CCOC3)c2O)C1. The summed E-state index contributed by atoms with van der Waals surface area (Å²) in [5, 5.41) is 16.2. The Balaban J connectivity index is 1.85. The van der Waals surface area contributed by atoms with E-state index in [9.17, 15) is 18.3 Å². The van der Waals surface area contributed by atoms with E-state index in [0.717, 1.165) is 0 Å². The number of urea groups is 1. The quantitative estimate of drug-likeness (QED) is 0.609. The molecule has 10 heteroatoms. The number of ether oxygens (including phenoxy) is 1. The van der Waals surface area contributed by atoms with Gasteiger partial charge in [0.2, 0.25) is 0 Å². The van der Waals surface area contributed by atoms with Gasteiger partial charge in [-0.05, 0) is 37.8 Å². The number of benzene rings is 1. The van der Waals surface area contributed by atoms with E-state index in [2.05, 4.69) is 10.6 Å². The summed E-state index contributed by atoms with van der Waals surface area (Å²) in [7, 11) is -4.01. The number of aromatic hydroxyl groups is 1. The maximum absolute atomic E-state index is 13.1. The van der Waals surface area contributed by atoms with Crippen molar-refractivity contribution in [3.05, 3.63) is 28.3 Å². The summed E-state index contributed by atoms with van der Waals surface area (Å²) < 4.78 is 30.3. The number of amides is 2. The first kappa shape index (κ1) is 21.2. The van der Waals surface area contributed by atoms with Gasteiger partial charge in [-0.2, -0.15) is 0 Å². The molecule has 2 aliphatic rings. The zero-order valence-corrected chi connectivity index (χ0v) is 17.8. The van der Waals surface area contributed by atoms with Crippen molar-refractivity contribution in [3.63, 3.8) is 0 Å². The monoisotopic (exact) mass is 448 g/mol. The molecule has 1 saturated heterocycles. The molecule has 1 heterocycles. The number of hydrogen-bond donors (Lipinski definition) is 3. The summed E-state index contributed by atoms with van der Waals surface area (Å²) in [5.41, 5.74) is -0.0610. The van der Waals surface area contributed by atoms with Gasteiger partial charge in [-0.3, -0.25) is 0 Å². The second kappa shape index (κ2) is 7.74. The van der Waals surface area contributed by atoms with Crippen LogP contribution in [-0.4, -0.2) is 43.6 Å². The summed E-state index contributed by atoms with van der Waals surface area (Å²) in [6.07, 6.45) is 2.81. The van der Waals surface area contributed by atoms with Crippen LogP contribution in [0.5, 0.6) is 5.75 Å². The Bertz CT molecular complexity index is 926. The third-order valence-corrected chi connectivity index (χ3v) is 8.51. The van der Waals surface area contributed by atoms with Gasteiger partial charge in [0.1, 0.15) is 4.90 Å². The van der Waals surface area contributed by atoms with Crippen molar-refractivity contribution < 1.29 is 23.1 Å². The van der Waals surface area contributed by atoms with Crippen molar-refractivity contribution in [3.8, 4) is 5.75 Å². The van der Waals surface area contributed by atoms with Gasteiger partial charge in [-0.1, -0.05) is 36.2 Å². The highest BCUT2D eigenvalue weighted by atomic mass is 35.5. The van der Waals surface area contributed by atoms with E-state index >= 15 is 0 Å². The molecule has 1 aliphatic carbocycles. The van der Waals surface area contributed by atoms with Gasteiger partial charge >= 0.3 is 6.03 Å². The summed E-state index contributed by atoms with van der Waals surface area (Å²) in [4.78, 5) is 11.9. The van der Waals surface area contributed by atoms with Gasteiger partial charge in [0.25, 0.3) is 0 Å². The molecule has 3 atom stereocenters. The second-order valence-corrected chi connectivity index (χ2v) is 10.7. The number of carbonyl (C=O) groups excluding carboxylic acids is 1. The third-order valence-electron chi connectivity index (χ3n) is 5.12. The number of anilines is 1. The van der Waals surface area contributed by atoms with Crippen molar-refractivity contribution in [2.24, 2.45) is 5.92 Å². The summed E-state index contributed by atoms with van der Waals surface area (Å²) in [6, 6.07) is 1.73. The molecule has 1 aliphatic heterocycles. The van der Waals surface area contributed by atoms with Crippen molar-refractivity contribution in [1.29, 1.82) is 0 Å². The van der Waals surface area contributed by atoms with E-state index in [-0.39, 0.29) is 35.7 Å². The molecule has 3 N–H and O–H groups in total. The Hall–Kier alpha value is -1.48. The average molecular weight is 449 g/mol. The highest BCUT2D eigenvalue weighted by Gasteiger charge is 2.46. The number of rotatable bonds is 4. The molecule has 154 valence electrons. The van der Waals surface area contributed by atoms with E-state index in [4.69, 9.17) is 27.9 Å². The smallest absolute Gasteiger partial charge is 0.319 e. The molecule has 3 rings (SSSR count). The molecular formula is C18H22Cl2N2O5S. The fraction of sp³-hybridized carbons (Fsp3) is 0.500. The number of halogens is 2. The first-order chi connectivity index (χ1) is 13.0. The molecule has 1 unspecified atom stereocenters. The third kappa shape index (κ3) is 3.83. The molecule has 0 saturated carbocycles. The van der Waals surface area contributed by atoms with E-state index < -0.39 is 31.3 Å². The van der Waals surface area contributed by atoms with Gasteiger partial charge in [0.05, 0.1) is 28.1 Å². The lowest BCUT2D eigenvalue weighted by Gasteiger charge is -2.24. The lowest BCUT2D eigenvalue weighted by Crippen LogP contribution is -2.38. The topological polar surface area (TPSA) is 105 Å². The van der Waals surface area contributed by atoms with Crippen molar-refractivity contribution in [1.82, 2.24) is 5.32 Å². The lowest BCUT2D eigenvalue weighted by atomic mass is 10.1. The Morgan fingerprint density at radius 3 is 2.64 bits per heavy atom. The number of phenols is 1. The first-order valence-corrected chi connectivity index (χ1v) is 11.1. The zero-order chi connectivity index (χ0) is 20.7. The number of carbonyl (C=O) groups is 1. The Morgan fingerprint density at radius 2 is 2.07 bits per heavy atom. The number of allylic oxidation sites excluding steroid dienone is 1. The van der Waals surface area contributed by atoms with E-state index in [1.165, 1.54) is 12.1 Å². The highest BCUT2D eigenvalue weighted by Crippen LogP contribution is 2.43. The largest absolute Gasteiger partial charge is 0.504 e. The van der Waals surface area contributed by atoms with Gasteiger partial charge in [0, 0.05) is 11.6 Å². The van der Waals surface area contributed by atoms with Crippen LogP contribution in [0.2, 0.25) is 5.02 Å². The van der Waals surface area contributed by atoms with Crippen molar-refractivity contribution >= 4 is 44.8 Å². The standard InChI is InChI=1S/C18H22Cl2N2O5S/c1-10-7-12(20)14(8-10)22-17(24)21-13-4-3-11(19)16(15(13)23)28(25,26)18(2)5-6-27-9-18/h3-4,7,10,14,23H,5-6,8-9H2,1-2H3,(H2,21,22,24)/t10?,14-,18-/m1/s1. The van der Waals surface area contributed by atoms with Gasteiger partial charge in [0.15, 0.2) is 15.6 Å².